The van der Waals surface area contributed by atoms with Gasteiger partial charge in [-0.25, -0.2) is 0 Å². The Kier molecular flexibility index (Phi) is 3.95. The van der Waals surface area contributed by atoms with Crippen molar-refractivity contribution >= 4 is 29.1 Å². The van der Waals surface area contributed by atoms with E-state index >= 15 is 0 Å². The summed E-state index contributed by atoms with van der Waals surface area (Å²) in [4.78, 5) is 26.8. The normalized spacial score (nSPS) is 16.1. The van der Waals surface area contributed by atoms with Crippen LogP contribution in [0.25, 0.3) is 0 Å². The number of carbonyl (C=O) groups excluding carboxylic acids is 2. The molecule has 0 aromatic heterocycles. The summed E-state index contributed by atoms with van der Waals surface area (Å²) in [5.74, 6) is -0.930. The first-order valence-electron chi connectivity index (χ1n) is 6.15. The van der Waals surface area contributed by atoms with E-state index in [0.29, 0.717) is 36.9 Å². The molecule has 19 heavy (non-hydrogen) atoms. The molecule has 5 nitrogen and oxygen atoms in total. The molecule has 1 saturated heterocycles. The smallest absolute Gasteiger partial charge is 0.312 e. The van der Waals surface area contributed by atoms with Gasteiger partial charge in [0.15, 0.2) is 0 Å². The third-order valence-electron chi connectivity index (χ3n) is 3.21. The number of likely N-dealkylation sites (N-methyl/N-ethyl adjacent to an activating group) is 1. The second kappa shape index (κ2) is 5.48. The van der Waals surface area contributed by atoms with E-state index in [0.717, 1.165) is 5.56 Å². The summed E-state index contributed by atoms with van der Waals surface area (Å²) in [6, 6.07) is 5.13. The molecule has 2 rings (SSSR count). The van der Waals surface area contributed by atoms with Crippen molar-refractivity contribution in [2.24, 2.45) is 0 Å². The van der Waals surface area contributed by atoms with Crippen molar-refractivity contribution in [1.29, 1.82) is 0 Å². The van der Waals surface area contributed by atoms with Gasteiger partial charge in [0.05, 0.1) is 0 Å². The number of benzene rings is 1. The molecule has 1 fully saturated rings. The summed E-state index contributed by atoms with van der Waals surface area (Å²) in [5, 5.41) is 0.548. The third kappa shape index (κ3) is 2.81. The topological polar surface area (TPSA) is 66.6 Å². The molecule has 102 valence electrons. The predicted octanol–water partition coefficient (Wildman–Crippen LogP) is 1.11. The second-order valence-electron chi connectivity index (χ2n) is 4.46. The fourth-order valence-corrected chi connectivity index (χ4v) is 2.27. The van der Waals surface area contributed by atoms with Gasteiger partial charge in [-0.1, -0.05) is 11.6 Å². The molecule has 1 heterocycles. The van der Waals surface area contributed by atoms with Gasteiger partial charge in [0.25, 0.3) is 0 Å². The van der Waals surface area contributed by atoms with Gasteiger partial charge < -0.3 is 15.5 Å². The van der Waals surface area contributed by atoms with Gasteiger partial charge in [0.2, 0.25) is 0 Å². The number of amides is 2. The molecule has 0 radical (unpaired) electrons. The molecule has 0 atom stereocenters. The summed E-state index contributed by atoms with van der Waals surface area (Å²) >= 11 is 6.07. The van der Waals surface area contributed by atoms with Crippen LogP contribution in [-0.2, 0) is 16.1 Å². The van der Waals surface area contributed by atoms with E-state index in [1.807, 2.05) is 6.92 Å². The van der Waals surface area contributed by atoms with E-state index in [1.165, 1.54) is 4.90 Å². The zero-order valence-corrected chi connectivity index (χ0v) is 11.5. The van der Waals surface area contributed by atoms with Gasteiger partial charge in [-0.2, -0.15) is 0 Å². The van der Waals surface area contributed by atoms with Crippen LogP contribution in [0.15, 0.2) is 18.2 Å². The lowest BCUT2D eigenvalue weighted by Crippen LogP contribution is -2.53. The Morgan fingerprint density at radius 3 is 2.53 bits per heavy atom. The molecule has 2 N–H and O–H groups in total. The minimum Gasteiger partial charge on any atom is -0.399 e. The van der Waals surface area contributed by atoms with Crippen LogP contribution in [0.3, 0.4) is 0 Å². The molecule has 6 heteroatoms. The highest BCUT2D eigenvalue weighted by molar-refractivity contribution is 6.35. The highest BCUT2D eigenvalue weighted by Gasteiger charge is 2.31. The number of piperazine rings is 1. The molecule has 1 aromatic rings. The SMILES string of the molecule is CCN1CCN(Cc2cc(N)ccc2Cl)C(=O)C1=O. The number of nitrogens with two attached hydrogens (primary N) is 1. The van der Waals surface area contributed by atoms with E-state index in [9.17, 15) is 9.59 Å². The molecule has 0 aliphatic carbocycles. The molecule has 0 unspecified atom stereocenters. The van der Waals surface area contributed by atoms with Crippen LogP contribution in [0.1, 0.15) is 12.5 Å². The minimum absolute atomic E-state index is 0.312. The van der Waals surface area contributed by atoms with Gasteiger partial charge in [0, 0.05) is 36.9 Å². The van der Waals surface area contributed by atoms with Crippen LogP contribution in [0, 0.1) is 0 Å². The lowest BCUT2D eigenvalue weighted by atomic mass is 10.1. The Hall–Kier alpha value is -1.75. The zero-order valence-electron chi connectivity index (χ0n) is 10.7. The van der Waals surface area contributed by atoms with E-state index in [-0.39, 0.29) is 0 Å². The maximum absolute atomic E-state index is 12.0. The highest BCUT2D eigenvalue weighted by atomic mass is 35.5. The average Bonchev–Trinajstić information content (AvgIpc) is 2.39. The van der Waals surface area contributed by atoms with E-state index in [4.69, 9.17) is 17.3 Å². The molecule has 2 amide bonds. The first-order valence-corrected chi connectivity index (χ1v) is 6.52. The third-order valence-corrected chi connectivity index (χ3v) is 3.58. The van der Waals surface area contributed by atoms with Crippen molar-refractivity contribution in [2.45, 2.75) is 13.5 Å². The largest absolute Gasteiger partial charge is 0.399 e. The molecule has 1 aliphatic rings. The Bertz CT molecular complexity index is 519. The first kappa shape index (κ1) is 13.7. The van der Waals surface area contributed by atoms with E-state index in [2.05, 4.69) is 0 Å². The van der Waals surface area contributed by atoms with Gasteiger partial charge >= 0.3 is 11.8 Å². The van der Waals surface area contributed by atoms with Crippen molar-refractivity contribution in [1.82, 2.24) is 9.80 Å². The summed E-state index contributed by atoms with van der Waals surface area (Å²) in [7, 11) is 0. The van der Waals surface area contributed by atoms with Crippen LogP contribution < -0.4 is 5.73 Å². The van der Waals surface area contributed by atoms with Crippen LogP contribution in [0.2, 0.25) is 5.02 Å². The quantitative estimate of drug-likeness (QED) is 0.667. The van der Waals surface area contributed by atoms with Crippen molar-refractivity contribution in [3.63, 3.8) is 0 Å². The lowest BCUT2D eigenvalue weighted by Gasteiger charge is -2.33. The predicted molar refractivity (Wildman–Crippen MR) is 73.5 cm³/mol. The number of hydrogen-bond donors (Lipinski definition) is 1. The molecule has 0 spiro atoms. The molecule has 1 aliphatic heterocycles. The second-order valence-corrected chi connectivity index (χ2v) is 4.87. The number of carbonyl (C=O) groups is 2. The number of halogens is 1. The molecular formula is C13H16ClN3O2. The summed E-state index contributed by atoms with van der Waals surface area (Å²) < 4.78 is 0. The van der Waals surface area contributed by atoms with Gasteiger partial charge in [0.1, 0.15) is 0 Å². The van der Waals surface area contributed by atoms with Gasteiger partial charge in [-0.3, -0.25) is 9.59 Å². The van der Waals surface area contributed by atoms with Crippen LogP contribution in [0.5, 0.6) is 0 Å². The number of rotatable bonds is 3. The summed E-state index contributed by atoms with van der Waals surface area (Å²) in [6.07, 6.45) is 0. The van der Waals surface area contributed by atoms with Crippen LogP contribution in [-0.4, -0.2) is 41.2 Å². The molecular weight excluding hydrogens is 266 g/mol. The van der Waals surface area contributed by atoms with Crippen molar-refractivity contribution < 1.29 is 9.59 Å². The first-order chi connectivity index (χ1) is 9.02. The zero-order chi connectivity index (χ0) is 14.0. The fraction of sp³-hybridized carbons (Fsp3) is 0.385. The van der Waals surface area contributed by atoms with E-state index < -0.39 is 11.8 Å². The van der Waals surface area contributed by atoms with Crippen molar-refractivity contribution in [3.8, 4) is 0 Å². The Morgan fingerprint density at radius 1 is 1.21 bits per heavy atom. The monoisotopic (exact) mass is 281 g/mol. The lowest BCUT2D eigenvalue weighted by molar-refractivity contribution is -0.156. The Balaban J connectivity index is 2.14. The highest BCUT2D eigenvalue weighted by Crippen LogP contribution is 2.21. The maximum Gasteiger partial charge on any atom is 0.312 e. The van der Waals surface area contributed by atoms with E-state index in [1.54, 1.807) is 23.1 Å². The maximum atomic E-state index is 12.0. The van der Waals surface area contributed by atoms with Gasteiger partial charge in [-0.15, -0.1) is 0 Å². The Morgan fingerprint density at radius 2 is 1.84 bits per heavy atom. The standard InChI is InChI=1S/C13H16ClN3O2/c1-2-16-5-6-17(13(19)12(16)18)8-9-7-10(15)3-4-11(9)14/h3-4,7H,2,5-6,8,15H2,1H3. The number of anilines is 1. The fourth-order valence-electron chi connectivity index (χ4n) is 2.09. The molecule has 1 aromatic carbocycles. The summed E-state index contributed by atoms with van der Waals surface area (Å²) in [5.41, 5.74) is 7.05. The van der Waals surface area contributed by atoms with Gasteiger partial charge in [-0.05, 0) is 30.7 Å². The molecule has 0 bridgehead atoms. The molecule has 0 saturated carbocycles. The number of hydrogen-bond acceptors (Lipinski definition) is 3. The Labute approximate surface area is 116 Å². The summed E-state index contributed by atoms with van der Waals surface area (Å²) in [6.45, 7) is 3.80. The van der Waals surface area contributed by atoms with Crippen LogP contribution >= 0.6 is 11.6 Å². The van der Waals surface area contributed by atoms with Crippen molar-refractivity contribution in [2.75, 3.05) is 25.4 Å². The number of nitrogens with zero attached hydrogens (tertiary/aromatic N) is 2. The average molecular weight is 282 g/mol. The van der Waals surface area contributed by atoms with Crippen LogP contribution in [0.4, 0.5) is 5.69 Å². The minimum atomic E-state index is -0.480. The number of nitrogen functional groups attached to an aromatic ring is 1. The van der Waals surface area contributed by atoms with Crippen molar-refractivity contribution in [3.05, 3.63) is 28.8 Å².